The lowest BCUT2D eigenvalue weighted by Gasteiger charge is -2.42. The zero-order valence-electron chi connectivity index (χ0n) is 20.0. The molecule has 7 atom stereocenters. The van der Waals surface area contributed by atoms with Gasteiger partial charge in [-0.15, -0.1) is 0 Å². The van der Waals surface area contributed by atoms with Crippen molar-refractivity contribution in [3.63, 3.8) is 0 Å². The quantitative estimate of drug-likeness (QED) is 0.244. The Morgan fingerprint density at radius 2 is 2.00 bits per heavy atom. The van der Waals surface area contributed by atoms with Gasteiger partial charge in [0.1, 0.15) is 0 Å². The van der Waals surface area contributed by atoms with Gasteiger partial charge in [-0.05, 0) is 51.0 Å². The average Bonchev–Trinajstić information content (AvgIpc) is 2.98. The second-order valence-corrected chi connectivity index (χ2v) is 9.78. The van der Waals surface area contributed by atoms with Crippen molar-refractivity contribution in [2.24, 2.45) is 23.7 Å². The minimum Gasteiger partial charge on any atom is -0.466 e. The first kappa shape index (κ1) is 26.3. The highest BCUT2D eigenvalue weighted by Gasteiger charge is 2.60. The number of aliphatic hydroxyl groups is 3. The first-order chi connectivity index (χ1) is 14.9. The monoisotopic (exact) mass is 449 g/mol. The molecule has 1 saturated heterocycles. The number of allylic oxidation sites excluding steroid dienone is 2. The second-order valence-electron chi connectivity index (χ2n) is 9.78. The third-order valence-corrected chi connectivity index (χ3v) is 6.88. The Bertz CT molecular complexity index is 785. The maximum absolute atomic E-state index is 12.9. The van der Waals surface area contributed by atoms with Gasteiger partial charge < -0.3 is 25.4 Å². The lowest BCUT2D eigenvalue weighted by atomic mass is 9.63. The summed E-state index contributed by atoms with van der Waals surface area (Å²) in [6.07, 6.45) is 5.48. The van der Waals surface area contributed by atoms with Gasteiger partial charge in [0.05, 0.1) is 19.3 Å². The lowest BCUT2D eigenvalue weighted by molar-refractivity contribution is -0.143. The molecule has 1 fully saturated rings. The highest BCUT2D eigenvalue weighted by Crippen LogP contribution is 2.48. The predicted octanol–water partition coefficient (Wildman–Crippen LogP) is 2.27. The fourth-order valence-electron chi connectivity index (χ4n) is 4.98. The number of ether oxygens (including phenoxy) is 1. The Kier molecular flexibility index (Phi) is 8.85. The summed E-state index contributed by atoms with van der Waals surface area (Å²) >= 11 is 0. The molecule has 0 aromatic rings. The number of hydrogen-bond acceptors (Lipinski definition) is 6. The van der Waals surface area contributed by atoms with Crippen molar-refractivity contribution in [1.29, 1.82) is 0 Å². The average molecular weight is 450 g/mol. The number of methoxy groups -OCH3 is 1. The van der Waals surface area contributed by atoms with Crippen molar-refractivity contribution in [2.45, 2.75) is 77.7 Å². The SMILES string of the molecule is COC(=O)C=C[C@H](O)[C@@H](O)CCC(C)=C[C@H]1C=C(C)[C@@H](C)[C@H]2[C@H](CC(C)C)NC(=O)[C@@]12O. The standard InChI is InChI=1S/C25H39NO6/c1-14(2)11-19-23-17(5)16(4)13-18(25(23,31)24(30)26-19)12-15(3)7-8-20(27)21(28)9-10-22(29)32-6/h9-10,12-14,17-21,23,27-28,31H,7-8,11H2,1-6H3,(H,26,30)/t17-,18+,19+,20+,21+,23+,25-/m1/s1. The van der Waals surface area contributed by atoms with E-state index in [-0.39, 0.29) is 30.2 Å². The molecule has 1 heterocycles. The van der Waals surface area contributed by atoms with Crippen LogP contribution in [0.3, 0.4) is 0 Å². The van der Waals surface area contributed by atoms with Gasteiger partial charge in [0, 0.05) is 24.0 Å². The van der Waals surface area contributed by atoms with E-state index in [0.29, 0.717) is 12.3 Å². The van der Waals surface area contributed by atoms with Crippen LogP contribution in [-0.2, 0) is 14.3 Å². The molecule has 1 aliphatic heterocycles. The fraction of sp³-hybridized carbons (Fsp3) is 0.680. The van der Waals surface area contributed by atoms with Gasteiger partial charge >= 0.3 is 5.97 Å². The summed E-state index contributed by atoms with van der Waals surface area (Å²) in [7, 11) is 1.24. The first-order valence-corrected chi connectivity index (χ1v) is 11.4. The maximum Gasteiger partial charge on any atom is 0.330 e. The van der Waals surface area contributed by atoms with Crippen LogP contribution in [0.5, 0.6) is 0 Å². The van der Waals surface area contributed by atoms with Gasteiger partial charge in [0.25, 0.3) is 5.91 Å². The van der Waals surface area contributed by atoms with Gasteiger partial charge in [0.15, 0.2) is 5.60 Å². The van der Waals surface area contributed by atoms with E-state index in [1.807, 2.05) is 26.0 Å². The van der Waals surface area contributed by atoms with E-state index in [4.69, 9.17) is 0 Å². The number of fused-ring (bicyclic) bond motifs is 1. The van der Waals surface area contributed by atoms with E-state index in [1.54, 1.807) is 0 Å². The number of hydrogen-bond donors (Lipinski definition) is 4. The fourth-order valence-corrected chi connectivity index (χ4v) is 4.98. The Morgan fingerprint density at radius 3 is 2.59 bits per heavy atom. The second kappa shape index (κ2) is 10.8. The zero-order chi connectivity index (χ0) is 24.2. The number of amides is 1. The minimum absolute atomic E-state index is 0.0686. The molecule has 7 heteroatoms. The molecule has 0 saturated carbocycles. The molecule has 0 aromatic carbocycles. The van der Waals surface area contributed by atoms with Crippen molar-refractivity contribution < 1.29 is 29.6 Å². The van der Waals surface area contributed by atoms with Gasteiger partial charge in [-0.2, -0.15) is 0 Å². The highest BCUT2D eigenvalue weighted by atomic mass is 16.5. The van der Waals surface area contributed by atoms with Gasteiger partial charge in [-0.3, -0.25) is 4.79 Å². The van der Waals surface area contributed by atoms with E-state index in [1.165, 1.54) is 13.2 Å². The van der Waals surface area contributed by atoms with Crippen LogP contribution in [0, 0.1) is 23.7 Å². The van der Waals surface area contributed by atoms with E-state index < -0.39 is 29.7 Å². The Morgan fingerprint density at radius 1 is 1.34 bits per heavy atom. The van der Waals surface area contributed by atoms with Crippen LogP contribution in [0.1, 0.15) is 53.9 Å². The molecule has 7 nitrogen and oxygen atoms in total. The Hall–Kier alpha value is -1.96. The molecule has 1 amide bonds. The Labute approximate surface area is 191 Å². The van der Waals surface area contributed by atoms with Crippen LogP contribution in [-0.4, -0.2) is 58.2 Å². The molecule has 0 bridgehead atoms. The third kappa shape index (κ3) is 5.69. The lowest BCUT2D eigenvalue weighted by Crippen LogP contribution is -2.53. The zero-order valence-corrected chi connectivity index (χ0v) is 20.0. The summed E-state index contributed by atoms with van der Waals surface area (Å²) in [5.41, 5.74) is 0.563. The van der Waals surface area contributed by atoms with Gasteiger partial charge in [-0.1, -0.05) is 44.1 Å². The van der Waals surface area contributed by atoms with Crippen LogP contribution in [0.4, 0.5) is 0 Å². The predicted molar refractivity (Wildman–Crippen MR) is 122 cm³/mol. The molecular formula is C25H39NO6. The molecule has 1 aliphatic carbocycles. The molecule has 32 heavy (non-hydrogen) atoms. The van der Waals surface area contributed by atoms with Gasteiger partial charge in [-0.25, -0.2) is 4.79 Å². The van der Waals surface area contributed by atoms with E-state index in [2.05, 4.69) is 30.8 Å². The summed E-state index contributed by atoms with van der Waals surface area (Å²) < 4.78 is 4.47. The van der Waals surface area contributed by atoms with Crippen molar-refractivity contribution in [2.75, 3.05) is 7.11 Å². The number of aliphatic hydroxyl groups excluding tert-OH is 2. The maximum atomic E-state index is 12.9. The molecule has 2 rings (SSSR count). The highest BCUT2D eigenvalue weighted by molar-refractivity contribution is 5.90. The van der Waals surface area contributed by atoms with Crippen LogP contribution in [0.2, 0.25) is 0 Å². The molecule has 0 unspecified atom stereocenters. The molecule has 0 aromatic heterocycles. The number of carbonyl (C=O) groups is 2. The molecule has 180 valence electrons. The summed E-state index contributed by atoms with van der Waals surface area (Å²) in [4.78, 5) is 24.1. The number of carbonyl (C=O) groups excluding carboxylic acids is 2. The molecule has 0 spiro atoms. The van der Waals surface area contributed by atoms with Gasteiger partial charge in [0.2, 0.25) is 0 Å². The van der Waals surface area contributed by atoms with E-state index >= 15 is 0 Å². The van der Waals surface area contributed by atoms with Crippen LogP contribution < -0.4 is 5.32 Å². The summed E-state index contributed by atoms with van der Waals surface area (Å²) in [6.45, 7) is 10.2. The van der Waals surface area contributed by atoms with Crippen LogP contribution in [0.25, 0.3) is 0 Å². The topological polar surface area (TPSA) is 116 Å². The first-order valence-electron chi connectivity index (χ1n) is 11.4. The number of rotatable bonds is 9. The molecule has 4 N–H and O–H groups in total. The summed E-state index contributed by atoms with van der Waals surface area (Å²) in [5, 5.41) is 34.9. The molecular weight excluding hydrogens is 410 g/mol. The smallest absolute Gasteiger partial charge is 0.330 e. The Balaban J connectivity index is 2.15. The minimum atomic E-state index is -1.50. The molecule has 0 radical (unpaired) electrons. The number of esters is 1. The van der Waals surface area contributed by atoms with Crippen molar-refractivity contribution in [1.82, 2.24) is 5.32 Å². The summed E-state index contributed by atoms with van der Waals surface area (Å²) in [6, 6.07) is -0.0686. The third-order valence-electron chi connectivity index (χ3n) is 6.88. The normalized spacial score (nSPS) is 32.5. The molecule has 2 aliphatic rings. The number of nitrogens with one attached hydrogen (secondary N) is 1. The largest absolute Gasteiger partial charge is 0.466 e. The van der Waals surface area contributed by atoms with Crippen molar-refractivity contribution >= 4 is 11.9 Å². The van der Waals surface area contributed by atoms with Crippen LogP contribution in [0.15, 0.2) is 35.5 Å². The van der Waals surface area contributed by atoms with Crippen molar-refractivity contribution in [3.05, 3.63) is 35.5 Å². The van der Waals surface area contributed by atoms with E-state index in [9.17, 15) is 24.9 Å². The van der Waals surface area contributed by atoms with Crippen LogP contribution >= 0.6 is 0 Å². The van der Waals surface area contributed by atoms with Crippen molar-refractivity contribution in [3.8, 4) is 0 Å². The van der Waals surface area contributed by atoms with E-state index in [0.717, 1.165) is 23.6 Å². The summed E-state index contributed by atoms with van der Waals surface area (Å²) in [5.74, 6) is -1.09.